The fourth-order valence-corrected chi connectivity index (χ4v) is 3.15. The lowest BCUT2D eigenvalue weighted by Gasteiger charge is -2.04. The van der Waals surface area contributed by atoms with Gasteiger partial charge in [0, 0.05) is 20.1 Å². The quantitative estimate of drug-likeness (QED) is 0.164. The van der Waals surface area contributed by atoms with Gasteiger partial charge in [-0.3, -0.25) is 0 Å². The Hall–Kier alpha value is -0.410. The molecule has 0 spiro atoms. The maximum absolute atomic E-state index is 10.2. The lowest BCUT2D eigenvalue weighted by molar-refractivity contribution is -0.107. The molecule has 0 amide bonds. The fraction of sp³-hybridized carbons (Fsp3) is 0.955. The van der Waals surface area contributed by atoms with Gasteiger partial charge in [0.05, 0.1) is 13.2 Å². The number of rotatable bonds is 22. The number of hydrogen-bond donors (Lipinski definition) is 0. The third-order valence-electron chi connectivity index (χ3n) is 4.79. The molecule has 0 aliphatic rings. The highest BCUT2D eigenvalue weighted by atomic mass is 16.5. The van der Waals surface area contributed by atoms with E-state index in [0.29, 0.717) is 6.61 Å². The summed E-state index contributed by atoms with van der Waals surface area (Å²) in [6.07, 6.45) is 23.3. The lowest BCUT2D eigenvalue weighted by atomic mass is 10.0. The maximum atomic E-state index is 10.2. The van der Waals surface area contributed by atoms with Gasteiger partial charge in [0.2, 0.25) is 0 Å². The molecule has 0 aromatic rings. The summed E-state index contributed by atoms with van der Waals surface area (Å²) in [5, 5.41) is 0. The van der Waals surface area contributed by atoms with Gasteiger partial charge in [-0.1, -0.05) is 89.9 Å². The van der Waals surface area contributed by atoms with Crippen LogP contribution in [0.3, 0.4) is 0 Å². The van der Waals surface area contributed by atoms with Gasteiger partial charge in [-0.15, -0.1) is 0 Å². The topological polar surface area (TPSA) is 35.5 Å². The number of ether oxygens (including phenoxy) is 2. The minimum atomic E-state index is 0.711. The van der Waals surface area contributed by atoms with Gasteiger partial charge in [0.15, 0.2) is 0 Å². The van der Waals surface area contributed by atoms with Crippen LogP contribution in [0.5, 0.6) is 0 Å². The number of unbranched alkanes of at least 4 members (excludes halogenated alkanes) is 16. The van der Waals surface area contributed by atoms with Crippen LogP contribution in [0.15, 0.2) is 0 Å². The fourth-order valence-electron chi connectivity index (χ4n) is 3.15. The van der Waals surface area contributed by atoms with Crippen molar-refractivity contribution in [2.75, 3.05) is 26.9 Å². The Morgan fingerprint density at radius 2 is 0.920 bits per heavy atom. The van der Waals surface area contributed by atoms with Gasteiger partial charge in [-0.25, -0.2) is 0 Å². The van der Waals surface area contributed by atoms with Crippen molar-refractivity contribution in [1.82, 2.24) is 0 Å². The summed E-state index contributed by atoms with van der Waals surface area (Å²) in [5.41, 5.74) is 0. The molecule has 0 aliphatic heterocycles. The molecule has 0 radical (unpaired) electrons. The summed E-state index contributed by atoms with van der Waals surface area (Å²) in [6, 6.07) is 0. The van der Waals surface area contributed by atoms with Crippen LogP contribution in [-0.2, 0) is 14.3 Å². The van der Waals surface area contributed by atoms with Crippen LogP contribution in [0.1, 0.15) is 109 Å². The van der Waals surface area contributed by atoms with Gasteiger partial charge < -0.3 is 14.3 Å². The highest BCUT2D eigenvalue weighted by Gasteiger charge is 1.95. The first kappa shape index (κ1) is 24.6. The molecule has 0 aromatic heterocycles. The van der Waals surface area contributed by atoms with Gasteiger partial charge in [0.25, 0.3) is 0 Å². The van der Waals surface area contributed by atoms with Crippen molar-refractivity contribution in [2.45, 2.75) is 109 Å². The minimum absolute atomic E-state index is 0.711. The Labute approximate surface area is 157 Å². The van der Waals surface area contributed by atoms with E-state index in [9.17, 15) is 4.79 Å². The summed E-state index contributed by atoms with van der Waals surface area (Å²) >= 11 is 0. The van der Waals surface area contributed by atoms with Crippen molar-refractivity contribution < 1.29 is 14.3 Å². The molecule has 150 valence electrons. The van der Waals surface area contributed by atoms with E-state index in [-0.39, 0.29) is 0 Å². The summed E-state index contributed by atoms with van der Waals surface area (Å²) in [7, 11) is 1.71. The number of hydrogen-bond acceptors (Lipinski definition) is 3. The Morgan fingerprint density at radius 3 is 1.32 bits per heavy atom. The Balaban J connectivity index is 2.95. The van der Waals surface area contributed by atoms with Crippen LogP contribution in [0, 0.1) is 0 Å². The molecule has 0 atom stereocenters. The first-order chi connectivity index (χ1) is 12.4. The third-order valence-corrected chi connectivity index (χ3v) is 4.79. The molecule has 0 N–H and O–H groups in total. The van der Waals surface area contributed by atoms with Gasteiger partial charge in [0.1, 0.15) is 6.29 Å². The first-order valence-electron chi connectivity index (χ1n) is 10.9. The molecular weight excluding hydrogens is 312 g/mol. The number of carbonyl (C=O) groups excluding carboxylic acids is 1. The summed E-state index contributed by atoms with van der Waals surface area (Å²) in [4.78, 5) is 10.2. The highest BCUT2D eigenvalue weighted by Crippen LogP contribution is 2.13. The first-order valence-corrected chi connectivity index (χ1v) is 10.9. The zero-order chi connectivity index (χ0) is 18.3. The molecule has 0 aromatic carbocycles. The summed E-state index contributed by atoms with van der Waals surface area (Å²) < 4.78 is 10.4. The molecule has 0 bridgehead atoms. The number of aldehydes is 1. The van der Waals surface area contributed by atoms with Gasteiger partial charge in [-0.2, -0.15) is 0 Å². The minimum Gasteiger partial charge on any atom is -0.382 e. The predicted octanol–water partition coefficient (Wildman–Crippen LogP) is 6.48. The van der Waals surface area contributed by atoms with E-state index in [0.717, 1.165) is 32.3 Å². The molecular formula is C22H44O3. The number of carbonyl (C=O) groups is 1. The molecule has 0 fully saturated rings. The molecule has 0 rings (SSSR count). The largest absolute Gasteiger partial charge is 0.382 e. The van der Waals surface area contributed by atoms with Crippen LogP contribution in [-0.4, -0.2) is 33.2 Å². The second-order valence-corrected chi connectivity index (χ2v) is 7.22. The number of methoxy groups -OCH3 is 1. The van der Waals surface area contributed by atoms with Crippen molar-refractivity contribution in [3.8, 4) is 0 Å². The molecule has 0 aliphatic carbocycles. The molecule has 0 saturated heterocycles. The van der Waals surface area contributed by atoms with E-state index < -0.39 is 0 Å². The third kappa shape index (κ3) is 23.6. The second kappa shape index (κ2) is 23.6. The zero-order valence-corrected chi connectivity index (χ0v) is 16.9. The monoisotopic (exact) mass is 356 g/mol. The van der Waals surface area contributed by atoms with Gasteiger partial charge >= 0.3 is 0 Å². The molecule has 3 heteroatoms. The van der Waals surface area contributed by atoms with Crippen molar-refractivity contribution in [1.29, 1.82) is 0 Å². The zero-order valence-electron chi connectivity index (χ0n) is 16.9. The lowest BCUT2D eigenvalue weighted by Crippen LogP contribution is -2.02. The maximum Gasteiger partial charge on any atom is 0.119 e. The van der Waals surface area contributed by atoms with Gasteiger partial charge in [-0.05, 0) is 12.8 Å². The predicted molar refractivity (Wildman–Crippen MR) is 107 cm³/mol. The average Bonchev–Trinajstić information content (AvgIpc) is 2.63. The second-order valence-electron chi connectivity index (χ2n) is 7.22. The van der Waals surface area contributed by atoms with E-state index in [4.69, 9.17) is 9.47 Å². The SMILES string of the molecule is COCCOCCCCCCCCCCCCCCCCCCC=O. The van der Waals surface area contributed by atoms with Crippen LogP contribution in [0.25, 0.3) is 0 Å². The Morgan fingerprint density at radius 1 is 0.520 bits per heavy atom. The van der Waals surface area contributed by atoms with E-state index in [1.165, 1.54) is 96.3 Å². The highest BCUT2D eigenvalue weighted by molar-refractivity contribution is 5.48. The van der Waals surface area contributed by atoms with Crippen molar-refractivity contribution in [3.05, 3.63) is 0 Å². The van der Waals surface area contributed by atoms with E-state index in [1.807, 2.05) is 0 Å². The molecule has 0 unspecified atom stereocenters. The standard InChI is InChI=1S/C22H44O3/c1-24-21-22-25-20-18-16-14-12-10-8-6-4-2-3-5-7-9-11-13-15-17-19-23/h19H,2-18,20-22H2,1H3. The Kier molecular flexibility index (Phi) is 23.2. The van der Waals surface area contributed by atoms with E-state index >= 15 is 0 Å². The molecule has 0 heterocycles. The van der Waals surface area contributed by atoms with Crippen LogP contribution in [0.4, 0.5) is 0 Å². The van der Waals surface area contributed by atoms with Crippen LogP contribution >= 0.6 is 0 Å². The molecule has 25 heavy (non-hydrogen) atoms. The average molecular weight is 357 g/mol. The van der Waals surface area contributed by atoms with Crippen LogP contribution in [0.2, 0.25) is 0 Å². The van der Waals surface area contributed by atoms with E-state index in [1.54, 1.807) is 7.11 Å². The smallest absolute Gasteiger partial charge is 0.119 e. The van der Waals surface area contributed by atoms with Crippen molar-refractivity contribution in [2.24, 2.45) is 0 Å². The van der Waals surface area contributed by atoms with Crippen molar-refractivity contribution in [3.63, 3.8) is 0 Å². The van der Waals surface area contributed by atoms with Crippen molar-refractivity contribution >= 4 is 6.29 Å². The Bertz CT molecular complexity index is 243. The normalized spacial score (nSPS) is 11.1. The van der Waals surface area contributed by atoms with Crippen LogP contribution < -0.4 is 0 Å². The summed E-state index contributed by atoms with van der Waals surface area (Å²) in [5.74, 6) is 0. The van der Waals surface area contributed by atoms with E-state index in [2.05, 4.69) is 0 Å². The summed E-state index contributed by atoms with van der Waals surface area (Å²) in [6.45, 7) is 2.34. The molecule has 3 nitrogen and oxygen atoms in total. The molecule has 0 saturated carbocycles.